The van der Waals surface area contributed by atoms with Gasteiger partial charge in [0.25, 0.3) is 12.4 Å². The lowest BCUT2D eigenvalue weighted by molar-refractivity contribution is -0.129. The minimum Gasteiger partial charge on any atom is -0.463 e. The molecule has 0 spiro atoms. The number of aromatic amines is 1. The van der Waals surface area contributed by atoms with E-state index in [1.807, 2.05) is 43.3 Å². The molecule has 2 aliphatic rings. The maximum absolute atomic E-state index is 12.8. The standard InChI is InChI=1S/C16H19N5O.C8H8O2/c1-10-7-13(18-9-17-10)14-8-15(20-19-14)16(22)21-11-3-2-4-12(21)6-5-11;9-7-10-6-8-4-2-1-3-5-8/h7-9,11-12H,2-6H2,1H3,(H,19,20);1-5,7H,6H2/t11-,12?;/m1./s1. The van der Waals surface area contributed by atoms with Gasteiger partial charge in [-0.05, 0) is 56.7 Å². The summed E-state index contributed by atoms with van der Waals surface area (Å²) in [6.45, 7) is 2.73. The van der Waals surface area contributed by atoms with E-state index in [9.17, 15) is 9.59 Å². The number of ether oxygens (including phenoxy) is 1. The molecule has 2 bridgehead atoms. The van der Waals surface area contributed by atoms with Crippen molar-refractivity contribution in [3.8, 4) is 11.4 Å². The summed E-state index contributed by atoms with van der Waals surface area (Å²) in [5.74, 6) is 0.0803. The minimum atomic E-state index is 0.0803. The predicted octanol–water partition coefficient (Wildman–Crippen LogP) is 3.69. The first-order chi connectivity index (χ1) is 15.7. The maximum atomic E-state index is 12.8. The van der Waals surface area contributed by atoms with Crippen LogP contribution in [0.25, 0.3) is 11.4 Å². The van der Waals surface area contributed by atoms with E-state index < -0.39 is 0 Å². The number of carbonyl (C=O) groups excluding carboxylic acids is 2. The average molecular weight is 434 g/mol. The second-order valence-electron chi connectivity index (χ2n) is 8.13. The third-order valence-electron chi connectivity index (χ3n) is 5.96. The fourth-order valence-corrected chi connectivity index (χ4v) is 4.45. The molecule has 0 saturated carbocycles. The van der Waals surface area contributed by atoms with E-state index in [0.717, 1.165) is 42.6 Å². The van der Waals surface area contributed by atoms with Crippen molar-refractivity contribution in [1.82, 2.24) is 25.1 Å². The van der Waals surface area contributed by atoms with Crippen LogP contribution in [0.15, 0.2) is 48.8 Å². The fraction of sp³-hybridized carbons (Fsp3) is 0.375. The van der Waals surface area contributed by atoms with Gasteiger partial charge in [0.05, 0.1) is 5.69 Å². The van der Waals surface area contributed by atoms with Crippen LogP contribution in [0.3, 0.4) is 0 Å². The van der Waals surface area contributed by atoms with Crippen LogP contribution in [-0.4, -0.2) is 49.5 Å². The van der Waals surface area contributed by atoms with Gasteiger partial charge < -0.3 is 9.64 Å². The number of H-pyrrole nitrogens is 1. The van der Waals surface area contributed by atoms with Crippen LogP contribution in [0.5, 0.6) is 0 Å². The van der Waals surface area contributed by atoms with Gasteiger partial charge in [0.1, 0.15) is 24.3 Å². The van der Waals surface area contributed by atoms with Gasteiger partial charge >= 0.3 is 0 Å². The van der Waals surface area contributed by atoms with Gasteiger partial charge in [-0.25, -0.2) is 9.97 Å². The quantitative estimate of drug-likeness (QED) is 0.616. The maximum Gasteiger partial charge on any atom is 0.293 e. The Morgan fingerprint density at radius 2 is 1.84 bits per heavy atom. The van der Waals surface area contributed by atoms with Crippen molar-refractivity contribution in [2.24, 2.45) is 0 Å². The summed E-state index contributed by atoms with van der Waals surface area (Å²) in [5.41, 5.74) is 3.89. The van der Waals surface area contributed by atoms with Crippen LogP contribution in [0.1, 0.15) is 53.8 Å². The van der Waals surface area contributed by atoms with Crippen LogP contribution >= 0.6 is 0 Å². The Balaban J connectivity index is 0.000000207. The zero-order valence-electron chi connectivity index (χ0n) is 18.1. The number of nitrogens with zero attached hydrogens (tertiary/aromatic N) is 4. The molecular formula is C24H27N5O3. The van der Waals surface area contributed by atoms with Gasteiger partial charge in [0.2, 0.25) is 0 Å². The Labute approximate surface area is 187 Å². The van der Waals surface area contributed by atoms with E-state index in [1.54, 1.807) is 6.07 Å². The Bertz CT molecular complexity index is 1040. The number of amides is 1. The van der Waals surface area contributed by atoms with E-state index in [-0.39, 0.29) is 5.91 Å². The van der Waals surface area contributed by atoms with E-state index in [0.29, 0.717) is 36.6 Å². The van der Waals surface area contributed by atoms with Crippen molar-refractivity contribution in [1.29, 1.82) is 0 Å². The fourth-order valence-electron chi connectivity index (χ4n) is 4.45. The lowest BCUT2D eigenvalue weighted by Crippen LogP contribution is -2.44. The lowest BCUT2D eigenvalue weighted by Gasteiger charge is -2.34. The summed E-state index contributed by atoms with van der Waals surface area (Å²) in [6, 6.07) is 14.1. The number of aromatic nitrogens is 4. The Kier molecular flexibility index (Phi) is 6.89. The first-order valence-electron chi connectivity index (χ1n) is 10.9. The lowest BCUT2D eigenvalue weighted by atomic mass is 10.0. The molecule has 32 heavy (non-hydrogen) atoms. The normalized spacial score (nSPS) is 19.1. The molecule has 4 heterocycles. The topological polar surface area (TPSA) is 101 Å². The summed E-state index contributed by atoms with van der Waals surface area (Å²) in [7, 11) is 0. The number of aryl methyl sites for hydroxylation is 1. The molecule has 5 rings (SSSR count). The molecule has 0 radical (unpaired) electrons. The monoisotopic (exact) mass is 433 g/mol. The molecule has 166 valence electrons. The van der Waals surface area contributed by atoms with Gasteiger partial charge in [0, 0.05) is 17.8 Å². The third kappa shape index (κ3) is 5.01. The van der Waals surface area contributed by atoms with Crippen LogP contribution in [0, 0.1) is 6.92 Å². The molecule has 2 aliphatic heterocycles. The van der Waals surface area contributed by atoms with Gasteiger partial charge in [-0.2, -0.15) is 5.10 Å². The molecule has 8 heteroatoms. The second-order valence-corrected chi connectivity index (χ2v) is 8.13. The first kappa shape index (κ1) is 21.7. The van der Waals surface area contributed by atoms with E-state index in [4.69, 9.17) is 0 Å². The van der Waals surface area contributed by atoms with Crippen molar-refractivity contribution in [2.75, 3.05) is 0 Å². The number of carbonyl (C=O) groups is 2. The summed E-state index contributed by atoms with van der Waals surface area (Å²) in [6.07, 6.45) is 7.31. The second kappa shape index (κ2) is 10.2. The molecule has 8 nitrogen and oxygen atoms in total. The van der Waals surface area contributed by atoms with Crippen molar-refractivity contribution in [3.63, 3.8) is 0 Å². The number of rotatable bonds is 5. The highest BCUT2D eigenvalue weighted by molar-refractivity contribution is 5.94. The summed E-state index contributed by atoms with van der Waals surface area (Å²) >= 11 is 0. The molecule has 2 fully saturated rings. The molecule has 1 amide bonds. The highest BCUT2D eigenvalue weighted by Crippen LogP contribution is 2.36. The summed E-state index contributed by atoms with van der Waals surface area (Å²) in [4.78, 5) is 32.9. The number of fused-ring (bicyclic) bond motifs is 2. The van der Waals surface area contributed by atoms with Gasteiger partial charge in [-0.15, -0.1) is 0 Å². The highest BCUT2D eigenvalue weighted by Gasteiger charge is 2.40. The van der Waals surface area contributed by atoms with Gasteiger partial charge in [-0.1, -0.05) is 30.3 Å². The van der Waals surface area contributed by atoms with Crippen LogP contribution < -0.4 is 0 Å². The molecule has 0 aliphatic carbocycles. The van der Waals surface area contributed by atoms with Gasteiger partial charge in [-0.3, -0.25) is 14.7 Å². The van der Waals surface area contributed by atoms with E-state index >= 15 is 0 Å². The van der Waals surface area contributed by atoms with Crippen molar-refractivity contribution in [2.45, 2.75) is 57.7 Å². The Hall–Kier alpha value is -3.55. The van der Waals surface area contributed by atoms with E-state index in [2.05, 4.69) is 29.8 Å². The molecule has 1 unspecified atom stereocenters. The molecule has 2 aromatic heterocycles. The summed E-state index contributed by atoms with van der Waals surface area (Å²) in [5, 5.41) is 7.14. The largest absolute Gasteiger partial charge is 0.463 e. The number of benzene rings is 1. The molecule has 1 N–H and O–H groups in total. The molecule has 3 aromatic rings. The Morgan fingerprint density at radius 1 is 1.09 bits per heavy atom. The minimum absolute atomic E-state index is 0.0803. The summed E-state index contributed by atoms with van der Waals surface area (Å²) < 4.78 is 4.54. The molecule has 2 saturated heterocycles. The highest BCUT2D eigenvalue weighted by atomic mass is 16.5. The number of nitrogens with one attached hydrogen (secondary N) is 1. The average Bonchev–Trinajstić information content (AvgIpc) is 3.41. The molecule has 1 aromatic carbocycles. The van der Waals surface area contributed by atoms with Crippen LogP contribution in [0.4, 0.5) is 0 Å². The smallest absolute Gasteiger partial charge is 0.293 e. The SMILES string of the molecule is Cc1cc(-c2cc(C(=O)N3C4CCC[C@@H]3CC4)[nH]n2)ncn1.O=COCc1ccccc1. The first-order valence-corrected chi connectivity index (χ1v) is 10.9. The van der Waals surface area contributed by atoms with E-state index in [1.165, 1.54) is 12.7 Å². The third-order valence-corrected chi connectivity index (χ3v) is 5.96. The predicted molar refractivity (Wildman–Crippen MR) is 118 cm³/mol. The van der Waals surface area contributed by atoms with Crippen molar-refractivity contribution >= 4 is 12.4 Å². The molecule has 2 atom stereocenters. The molecular weight excluding hydrogens is 406 g/mol. The number of piperidine rings is 1. The number of hydrogen-bond donors (Lipinski definition) is 1. The van der Waals surface area contributed by atoms with Gasteiger partial charge in [0.15, 0.2) is 0 Å². The van der Waals surface area contributed by atoms with Crippen LogP contribution in [0.2, 0.25) is 0 Å². The zero-order chi connectivity index (χ0) is 22.3. The number of hydrogen-bond acceptors (Lipinski definition) is 6. The van der Waals surface area contributed by atoms with Crippen molar-refractivity contribution in [3.05, 3.63) is 65.7 Å². The van der Waals surface area contributed by atoms with Crippen LogP contribution in [-0.2, 0) is 16.1 Å². The van der Waals surface area contributed by atoms with Crippen molar-refractivity contribution < 1.29 is 14.3 Å². The zero-order valence-corrected chi connectivity index (χ0v) is 18.1. The Morgan fingerprint density at radius 3 is 2.53 bits per heavy atom.